The second-order valence-corrected chi connectivity index (χ2v) is 14.7. The van der Waals surface area contributed by atoms with Gasteiger partial charge >= 0.3 is 0 Å². The number of imidazole rings is 1. The minimum atomic E-state index is -3.37. The lowest BCUT2D eigenvalue weighted by atomic mass is 9.77. The molecule has 0 aliphatic rings. The Balaban J connectivity index is 1.44. The van der Waals surface area contributed by atoms with Gasteiger partial charge in [0.05, 0.1) is 21.7 Å². The van der Waals surface area contributed by atoms with Gasteiger partial charge in [0.15, 0.2) is 9.84 Å². The first-order chi connectivity index (χ1) is 23.4. The lowest BCUT2D eigenvalue weighted by Crippen LogP contribution is -2.38. The maximum atomic E-state index is 12.4. The van der Waals surface area contributed by atoms with Crippen LogP contribution in [0.25, 0.3) is 38.6 Å². The molecular formula is C40H30N4O2S2. The van der Waals surface area contributed by atoms with Crippen LogP contribution in [0.3, 0.4) is 0 Å². The number of pyridine rings is 1. The first kappa shape index (κ1) is 29.8. The van der Waals surface area contributed by atoms with Crippen molar-refractivity contribution in [2.24, 2.45) is 0 Å². The number of hydrogen-bond donors (Lipinski definition) is 0. The molecule has 0 amide bonds. The molecule has 0 unspecified atom stereocenters. The Morgan fingerprint density at radius 1 is 0.646 bits per heavy atom. The molecule has 0 radical (unpaired) electrons. The highest BCUT2D eigenvalue weighted by atomic mass is 32.2. The van der Waals surface area contributed by atoms with Crippen LogP contribution in [-0.4, -0.2) is 33.8 Å². The smallest absolute Gasteiger partial charge is 0.175 e. The predicted molar refractivity (Wildman–Crippen MR) is 193 cm³/mol. The van der Waals surface area contributed by atoms with Gasteiger partial charge in [0.2, 0.25) is 0 Å². The van der Waals surface area contributed by atoms with Gasteiger partial charge in [-0.15, -0.1) is 11.3 Å². The van der Waals surface area contributed by atoms with Gasteiger partial charge in [0.1, 0.15) is 16.9 Å². The minimum absolute atomic E-state index is 0.264. The van der Waals surface area contributed by atoms with Gasteiger partial charge in [-0.1, -0.05) is 109 Å². The summed E-state index contributed by atoms with van der Waals surface area (Å²) in [5.74, 6) is 0. The number of aromatic nitrogens is 4. The molecule has 0 aliphatic heterocycles. The number of benzene rings is 4. The van der Waals surface area contributed by atoms with Crippen molar-refractivity contribution in [1.29, 1.82) is 0 Å². The second kappa shape index (κ2) is 11.9. The van der Waals surface area contributed by atoms with E-state index in [0.717, 1.165) is 55.3 Å². The molecule has 0 atom stereocenters. The van der Waals surface area contributed by atoms with Crippen molar-refractivity contribution >= 4 is 26.8 Å². The predicted octanol–water partition coefficient (Wildman–Crippen LogP) is 8.84. The molecule has 4 aromatic carbocycles. The number of sulfone groups is 1. The normalized spacial score (nSPS) is 12.0. The van der Waals surface area contributed by atoms with Gasteiger partial charge in [-0.05, 0) is 52.4 Å². The Kier molecular flexibility index (Phi) is 7.39. The summed E-state index contributed by atoms with van der Waals surface area (Å²) in [7, 11) is -3.37. The van der Waals surface area contributed by atoms with E-state index in [9.17, 15) is 8.42 Å². The highest BCUT2D eigenvalue weighted by molar-refractivity contribution is 7.90. The van der Waals surface area contributed by atoms with Crippen molar-refractivity contribution < 1.29 is 8.42 Å². The van der Waals surface area contributed by atoms with Crippen molar-refractivity contribution in [2.75, 3.05) is 6.26 Å². The first-order valence-corrected chi connectivity index (χ1v) is 18.3. The summed E-state index contributed by atoms with van der Waals surface area (Å²) in [6.07, 6.45) is 7.37. The third kappa shape index (κ3) is 5.06. The van der Waals surface area contributed by atoms with E-state index in [1.165, 1.54) is 6.26 Å². The lowest BCUT2D eigenvalue weighted by molar-refractivity contribution is 0.461. The van der Waals surface area contributed by atoms with Crippen LogP contribution in [0.4, 0.5) is 0 Å². The minimum Gasteiger partial charge on any atom is -0.298 e. The van der Waals surface area contributed by atoms with Gasteiger partial charge in [0, 0.05) is 35.3 Å². The maximum absolute atomic E-state index is 12.4. The third-order valence-electron chi connectivity index (χ3n) is 8.78. The van der Waals surface area contributed by atoms with E-state index in [1.807, 2.05) is 48.7 Å². The van der Waals surface area contributed by atoms with Crippen LogP contribution < -0.4 is 0 Å². The molecule has 0 saturated heterocycles. The second-order valence-electron chi connectivity index (χ2n) is 11.7. The average molecular weight is 663 g/mol. The van der Waals surface area contributed by atoms with Crippen molar-refractivity contribution in [3.05, 3.63) is 180 Å². The molecule has 0 saturated carbocycles. The van der Waals surface area contributed by atoms with E-state index >= 15 is 0 Å². The van der Waals surface area contributed by atoms with E-state index < -0.39 is 15.4 Å². The van der Waals surface area contributed by atoms with Crippen LogP contribution in [0, 0.1) is 0 Å². The summed E-state index contributed by atoms with van der Waals surface area (Å²) in [4.78, 5) is 6.07. The maximum Gasteiger partial charge on any atom is 0.175 e. The monoisotopic (exact) mass is 662 g/mol. The van der Waals surface area contributed by atoms with Crippen molar-refractivity contribution in [1.82, 2.24) is 19.2 Å². The Morgan fingerprint density at radius 3 is 1.77 bits per heavy atom. The quantitative estimate of drug-likeness (QED) is 0.153. The Labute approximate surface area is 283 Å². The lowest BCUT2D eigenvalue weighted by Gasteiger charge is -2.36. The number of nitrogens with zero attached hydrogens (tertiary/aromatic N) is 4. The van der Waals surface area contributed by atoms with Crippen LogP contribution in [0.1, 0.15) is 16.7 Å². The fourth-order valence-electron chi connectivity index (χ4n) is 6.51. The van der Waals surface area contributed by atoms with Gasteiger partial charge < -0.3 is 0 Å². The third-order valence-corrected chi connectivity index (χ3v) is 10.8. The molecule has 6 nitrogen and oxygen atoms in total. The Morgan fingerprint density at radius 2 is 1.23 bits per heavy atom. The van der Waals surface area contributed by atoms with Crippen LogP contribution in [0.2, 0.25) is 0 Å². The Hall–Kier alpha value is -5.57. The molecule has 48 heavy (non-hydrogen) atoms. The van der Waals surface area contributed by atoms with E-state index in [1.54, 1.807) is 23.5 Å². The van der Waals surface area contributed by atoms with E-state index in [2.05, 4.69) is 117 Å². The number of fused-ring (bicyclic) bond motifs is 1. The highest BCUT2D eigenvalue weighted by Gasteiger charge is 2.40. The molecule has 0 bridgehead atoms. The first-order valence-electron chi connectivity index (χ1n) is 15.5. The molecule has 0 spiro atoms. The molecule has 4 heterocycles. The van der Waals surface area contributed by atoms with Gasteiger partial charge in [-0.3, -0.25) is 9.08 Å². The molecule has 8 rings (SSSR count). The van der Waals surface area contributed by atoms with Crippen LogP contribution in [-0.2, 0) is 15.4 Å². The van der Waals surface area contributed by atoms with Gasteiger partial charge in [-0.25, -0.2) is 13.4 Å². The number of rotatable bonds is 8. The summed E-state index contributed by atoms with van der Waals surface area (Å²) in [5, 5.41) is 7.50. The summed E-state index contributed by atoms with van der Waals surface area (Å²) >= 11 is 1.67. The average Bonchev–Trinajstić information content (AvgIpc) is 3.90. The molecule has 8 heteroatoms. The molecule has 0 N–H and O–H groups in total. The molecule has 0 aliphatic carbocycles. The zero-order valence-corrected chi connectivity index (χ0v) is 27.6. The largest absolute Gasteiger partial charge is 0.298 e. The van der Waals surface area contributed by atoms with Crippen LogP contribution in [0.5, 0.6) is 0 Å². The molecule has 234 valence electrons. The van der Waals surface area contributed by atoms with Crippen molar-refractivity contribution in [3.8, 4) is 33.0 Å². The SMILES string of the molecule is CS(=O)(=O)c1ccc(-c2nn(C(c3ccccc3)(c3ccccc3)c3ccccc3)cc2-c2ccc3ncc(-c4cccs4)n3c2)cc1. The molecule has 0 fully saturated rings. The fraction of sp³-hybridized carbons (Fsp3) is 0.0500. The summed E-state index contributed by atoms with van der Waals surface area (Å²) < 4.78 is 28.9. The van der Waals surface area contributed by atoms with Crippen molar-refractivity contribution in [2.45, 2.75) is 10.4 Å². The fourth-order valence-corrected chi connectivity index (χ4v) is 7.87. The summed E-state index contributed by atoms with van der Waals surface area (Å²) in [5.41, 5.74) is 7.60. The number of thiophene rings is 1. The van der Waals surface area contributed by atoms with Gasteiger partial charge in [0.25, 0.3) is 0 Å². The topological polar surface area (TPSA) is 69.3 Å². The zero-order valence-electron chi connectivity index (χ0n) is 26.0. The van der Waals surface area contributed by atoms with Crippen molar-refractivity contribution in [3.63, 3.8) is 0 Å². The summed E-state index contributed by atoms with van der Waals surface area (Å²) in [6, 6.07) is 46.5. The summed E-state index contributed by atoms with van der Waals surface area (Å²) in [6.45, 7) is 0. The van der Waals surface area contributed by atoms with Gasteiger partial charge in [-0.2, -0.15) is 5.10 Å². The van der Waals surface area contributed by atoms with E-state index in [-0.39, 0.29) is 4.90 Å². The molecular weight excluding hydrogens is 633 g/mol. The Bertz CT molecular complexity index is 2360. The molecule has 8 aromatic rings. The highest BCUT2D eigenvalue weighted by Crippen LogP contribution is 2.43. The number of hydrogen-bond acceptors (Lipinski definition) is 5. The van der Waals surface area contributed by atoms with Crippen LogP contribution in [0.15, 0.2) is 168 Å². The standard InChI is InChI=1S/C40H30N4O2S2/c1-48(45,46)34-22-19-29(20-23-34)39-35(30-21-24-38-41-26-36(43(38)27-30)37-18-11-25-47-37)28-44(42-39)40(31-12-5-2-6-13-31,32-14-7-3-8-15-32)33-16-9-4-10-17-33/h2-28H,1H3. The van der Waals surface area contributed by atoms with E-state index in [0.29, 0.717) is 0 Å². The van der Waals surface area contributed by atoms with E-state index in [4.69, 9.17) is 5.10 Å². The molecule has 4 aromatic heterocycles. The zero-order chi connectivity index (χ0) is 32.7. The van der Waals surface area contributed by atoms with Crippen LogP contribution >= 0.6 is 11.3 Å².